The smallest absolute Gasteiger partial charge is 0.234 e. The van der Waals surface area contributed by atoms with Gasteiger partial charge in [0.15, 0.2) is 11.0 Å². The summed E-state index contributed by atoms with van der Waals surface area (Å²) in [4.78, 5) is 12.7. The van der Waals surface area contributed by atoms with Gasteiger partial charge in [-0.3, -0.25) is 9.36 Å². The summed E-state index contributed by atoms with van der Waals surface area (Å²) in [5.74, 6) is 2.91. The minimum atomic E-state index is -0.0905. The first-order valence-corrected chi connectivity index (χ1v) is 12.9. The van der Waals surface area contributed by atoms with E-state index in [9.17, 15) is 4.79 Å². The van der Waals surface area contributed by atoms with E-state index >= 15 is 0 Å². The van der Waals surface area contributed by atoms with Crippen molar-refractivity contribution in [2.45, 2.75) is 58.2 Å². The summed E-state index contributed by atoms with van der Waals surface area (Å²) in [7, 11) is 0. The number of hydrogen-bond acceptors (Lipinski definition) is 6. The molecule has 0 fully saturated rings. The van der Waals surface area contributed by atoms with Crippen LogP contribution in [0.1, 0.15) is 42.0 Å². The summed E-state index contributed by atoms with van der Waals surface area (Å²) in [5, 5.41) is 21.0. The van der Waals surface area contributed by atoms with Crippen LogP contribution < -0.4 is 5.32 Å². The lowest BCUT2D eigenvalue weighted by Crippen LogP contribution is -2.14. The van der Waals surface area contributed by atoms with Crippen LogP contribution in [0.15, 0.2) is 47.6 Å². The fourth-order valence-electron chi connectivity index (χ4n) is 4.40. The maximum atomic E-state index is 12.7. The lowest BCUT2D eigenvalue weighted by atomic mass is 10.1. The molecule has 1 amide bonds. The van der Waals surface area contributed by atoms with E-state index in [4.69, 9.17) is 0 Å². The Morgan fingerprint density at radius 3 is 2.63 bits per heavy atom. The van der Waals surface area contributed by atoms with E-state index in [2.05, 4.69) is 62.3 Å². The summed E-state index contributed by atoms with van der Waals surface area (Å²) in [6.45, 7) is 7.01. The zero-order chi connectivity index (χ0) is 24.4. The number of amides is 1. The molecule has 0 spiro atoms. The van der Waals surface area contributed by atoms with Crippen molar-refractivity contribution < 1.29 is 4.79 Å². The Morgan fingerprint density at radius 1 is 0.971 bits per heavy atom. The Balaban J connectivity index is 1.24. The van der Waals surface area contributed by atoms with E-state index in [1.807, 2.05) is 35.8 Å². The molecule has 0 bridgehead atoms. The van der Waals surface area contributed by atoms with E-state index in [1.165, 1.54) is 24.6 Å². The summed E-state index contributed by atoms with van der Waals surface area (Å²) in [6.07, 6.45) is 4.53. The number of nitrogens with zero attached hydrogens (tertiary/aromatic N) is 6. The summed E-state index contributed by atoms with van der Waals surface area (Å²) < 4.78 is 4.24. The van der Waals surface area contributed by atoms with Crippen molar-refractivity contribution in [2.24, 2.45) is 0 Å². The van der Waals surface area contributed by atoms with Crippen LogP contribution in [0, 0.1) is 20.8 Å². The highest BCUT2D eigenvalue weighted by atomic mass is 32.2. The Kier molecular flexibility index (Phi) is 6.68. The largest absolute Gasteiger partial charge is 0.325 e. The average Bonchev–Trinajstić information content (AvgIpc) is 3.34. The fourth-order valence-corrected chi connectivity index (χ4v) is 5.19. The predicted octanol–water partition coefficient (Wildman–Crippen LogP) is 4.91. The third-order valence-electron chi connectivity index (χ3n) is 6.27. The molecule has 2 aromatic carbocycles. The zero-order valence-electron chi connectivity index (χ0n) is 20.3. The quantitative estimate of drug-likeness (QED) is 0.389. The van der Waals surface area contributed by atoms with E-state index in [0.717, 1.165) is 64.9 Å². The predicted molar refractivity (Wildman–Crippen MR) is 138 cm³/mol. The number of rotatable bonds is 6. The molecule has 8 nitrogen and oxygen atoms in total. The molecule has 0 radical (unpaired) electrons. The molecule has 0 aliphatic carbocycles. The number of carbonyl (C=O) groups excluding carboxylic acids is 1. The van der Waals surface area contributed by atoms with Gasteiger partial charge in [-0.1, -0.05) is 30.3 Å². The maximum Gasteiger partial charge on any atom is 0.234 e. The molecule has 0 saturated carbocycles. The number of aryl methyl sites for hydroxylation is 4. The molecule has 0 saturated heterocycles. The van der Waals surface area contributed by atoms with Crippen molar-refractivity contribution >= 4 is 23.4 Å². The van der Waals surface area contributed by atoms with Crippen LogP contribution in [0.3, 0.4) is 0 Å². The molecule has 180 valence electrons. The van der Waals surface area contributed by atoms with Crippen molar-refractivity contribution in [1.29, 1.82) is 0 Å². The van der Waals surface area contributed by atoms with Crippen LogP contribution in [0.5, 0.6) is 0 Å². The third kappa shape index (κ3) is 5.00. The van der Waals surface area contributed by atoms with Crippen LogP contribution >= 0.6 is 11.8 Å². The summed E-state index contributed by atoms with van der Waals surface area (Å²) >= 11 is 1.38. The monoisotopic (exact) mass is 487 g/mol. The normalized spacial score (nSPS) is 13.3. The van der Waals surface area contributed by atoms with Gasteiger partial charge in [-0.25, -0.2) is 0 Å². The Bertz CT molecular complexity index is 1360. The molecule has 3 heterocycles. The van der Waals surface area contributed by atoms with Crippen LogP contribution in [-0.4, -0.2) is 41.2 Å². The molecule has 1 aliphatic rings. The molecule has 2 aromatic heterocycles. The molecule has 1 N–H and O–H groups in total. The van der Waals surface area contributed by atoms with E-state index in [1.54, 1.807) is 0 Å². The number of thioether (sulfide) groups is 1. The molecule has 5 rings (SSSR count). The molecule has 1 aliphatic heterocycles. The van der Waals surface area contributed by atoms with Gasteiger partial charge in [0, 0.05) is 24.2 Å². The zero-order valence-corrected chi connectivity index (χ0v) is 21.1. The van der Waals surface area contributed by atoms with Gasteiger partial charge in [0.1, 0.15) is 11.6 Å². The number of benzene rings is 2. The first-order chi connectivity index (χ1) is 17.0. The second kappa shape index (κ2) is 10.0. The summed E-state index contributed by atoms with van der Waals surface area (Å²) in [5.41, 5.74) is 5.10. The maximum absolute atomic E-state index is 12.7. The second-order valence-electron chi connectivity index (χ2n) is 8.97. The van der Waals surface area contributed by atoms with Crippen molar-refractivity contribution in [3.63, 3.8) is 0 Å². The van der Waals surface area contributed by atoms with Gasteiger partial charge in [0.25, 0.3) is 0 Å². The van der Waals surface area contributed by atoms with Crippen molar-refractivity contribution in [3.05, 3.63) is 65.2 Å². The number of anilines is 1. The van der Waals surface area contributed by atoms with Crippen LogP contribution in [0.4, 0.5) is 5.69 Å². The first-order valence-electron chi connectivity index (χ1n) is 11.9. The van der Waals surface area contributed by atoms with Gasteiger partial charge in [-0.05, 0) is 75.1 Å². The van der Waals surface area contributed by atoms with E-state index in [-0.39, 0.29) is 11.7 Å². The molecule has 9 heteroatoms. The van der Waals surface area contributed by atoms with Crippen molar-refractivity contribution in [2.75, 3.05) is 11.1 Å². The minimum absolute atomic E-state index is 0.0905. The molecular formula is C26H29N7OS. The van der Waals surface area contributed by atoms with Gasteiger partial charge < -0.3 is 9.88 Å². The van der Waals surface area contributed by atoms with Gasteiger partial charge in [-0.2, -0.15) is 0 Å². The Morgan fingerprint density at radius 2 is 1.80 bits per heavy atom. The van der Waals surface area contributed by atoms with Crippen LogP contribution in [-0.2, 0) is 17.8 Å². The number of nitrogens with one attached hydrogen (secondary N) is 1. The SMILES string of the molecule is Cc1ccc(C)c(-n2c(C)nnc2SCC(=O)Nc2ccc(-c3nnc4n3CCCCC4)cc2)c1. The highest BCUT2D eigenvalue weighted by Gasteiger charge is 2.17. The lowest BCUT2D eigenvalue weighted by Gasteiger charge is -2.12. The van der Waals surface area contributed by atoms with Crippen LogP contribution in [0.2, 0.25) is 0 Å². The highest BCUT2D eigenvalue weighted by molar-refractivity contribution is 7.99. The van der Waals surface area contributed by atoms with Gasteiger partial charge in [0.05, 0.1) is 11.4 Å². The molecule has 4 aromatic rings. The number of hydrogen-bond donors (Lipinski definition) is 1. The topological polar surface area (TPSA) is 90.5 Å². The Hall–Kier alpha value is -3.46. The average molecular weight is 488 g/mol. The highest BCUT2D eigenvalue weighted by Crippen LogP contribution is 2.26. The van der Waals surface area contributed by atoms with Gasteiger partial charge >= 0.3 is 0 Å². The number of carbonyl (C=O) groups is 1. The van der Waals surface area contributed by atoms with Crippen molar-refractivity contribution in [1.82, 2.24) is 29.5 Å². The first kappa shape index (κ1) is 23.3. The second-order valence-corrected chi connectivity index (χ2v) is 9.91. The molecular weight excluding hydrogens is 458 g/mol. The molecule has 0 atom stereocenters. The summed E-state index contributed by atoms with van der Waals surface area (Å²) in [6, 6.07) is 14.1. The molecule has 0 unspecified atom stereocenters. The number of fused-ring (bicyclic) bond motifs is 1. The van der Waals surface area contributed by atoms with Crippen molar-refractivity contribution in [3.8, 4) is 17.1 Å². The van der Waals surface area contributed by atoms with E-state index in [0.29, 0.717) is 5.16 Å². The molecule has 35 heavy (non-hydrogen) atoms. The fraction of sp³-hybridized carbons (Fsp3) is 0.346. The standard InChI is InChI=1S/C26H29N7OS/c1-17-8-9-18(2)22(15-17)33-19(3)28-31-26(33)35-16-24(34)27-21-12-10-20(11-13-21)25-30-29-23-7-5-4-6-14-32(23)25/h8-13,15H,4-7,14,16H2,1-3H3,(H,27,34). The number of aromatic nitrogens is 6. The van der Waals surface area contributed by atoms with Gasteiger partial charge in [-0.15, -0.1) is 20.4 Å². The van der Waals surface area contributed by atoms with Gasteiger partial charge in [0.2, 0.25) is 5.91 Å². The minimum Gasteiger partial charge on any atom is -0.325 e. The van der Waals surface area contributed by atoms with Crippen LogP contribution in [0.25, 0.3) is 17.1 Å². The Labute approximate surface area is 209 Å². The van der Waals surface area contributed by atoms with E-state index < -0.39 is 0 Å². The lowest BCUT2D eigenvalue weighted by molar-refractivity contribution is -0.113. The third-order valence-corrected chi connectivity index (χ3v) is 7.20.